The maximum absolute atomic E-state index is 13.0. The summed E-state index contributed by atoms with van der Waals surface area (Å²) in [5, 5.41) is -0.00493. The summed E-state index contributed by atoms with van der Waals surface area (Å²) in [4.78, 5) is 20.2. The van der Waals surface area contributed by atoms with E-state index < -0.39 is 11.6 Å². The third kappa shape index (κ3) is 2.70. The lowest BCUT2D eigenvalue weighted by Gasteiger charge is -2.08. The molecule has 0 aliphatic rings. The zero-order chi connectivity index (χ0) is 14.7. The van der Waals surface area contributed by atoms with E-state index in [0.717, 1.165) is 12.1 Å². The second-order valence-electron chi connectivity index (χ2n) is 3.72. The predicted octanol–water partition coefficient (Wildman–Crippen LogP) is 2.52. The lowest BCUT2D eigenvalue weighted by atomic mass is 10.1. The van der Waals surface area contributed by atoms with Gasteiger partial charge in [-0.2, -0.15) is 4.98 Å². The van der Waals surface area contributed by atoms with E-state index in [9.17, 15) is 9.18 Å². The largest absolute Gasteiger partial charge is 0.480 e. The summed E-state index contributed by atoms with van der Waals surface area (Å²) in [5.41, 5.74) is 0.0904. The normalized spacial score (nSPS) is 10.2. The Hall–Kier alpha value is -2.21. The van der Waals surface area contributed by atoms with Crippen molar-refractivity contribution in [2.45, 2.75) is 0 Å². The molecule has 7 heteroatoms. The molecule has 20 heavy (non-hydrogen) atoms. The van der Waals surface area contributed by atoms with Crippen LogP contribution in [0.25, 0.3) is 0 Å². The van der Waals surface area contributed by atoms with E-state index in [4.69, 9.17) is 21.1 Å². The Bertz CT molecular complexity index is 664. The fraction of sp³-hybridized carbons (Fsp3) is 0.154. The highest BCUT2D eigenvalue weighted by Gasteiger charge is 2.21. The average molecular weight is 297 g/mol. The molecule has 0 atom stereocenters. The molecule has 104 valence electrons. The van der Waals surface area contributed by atoms with Crippen molar-refractivity contribution in [2.24, 2.45) is 0 Å². The van der Waals surface area contributed by atoms with Crippen LogP contribution in [0.5, 0.6) is 11.8 Å². The van der Waals surface area contributed by atoms with Crippen molar-refractivity contribution >= 4 is 17.4 Å². The Balaban J connectivity index is 2.47. The van der Waals surface area contributed by atoms with Gasteiger partial charge in [0.25, 0.3) is 0 Å². The maximum Gasteiger partial charge on any atom is 0.247 e. The summed E-state index contributed by atoms with van der Waals surface area (Å²) in [7, 11) is 2.77. The lowest BCUT2D eigenvalue weighted by molar-refractivity contribution is 0.103. The van der Waals surface area contributed by atoms with Crippen molar-refractivity contribution in [1.29, 1.82) is 0 Å². The molecule has 0 aliphatic heterocycles. The van der Waals surface area contributed by atoms with Crippen LogP contribution in [0, 0.1) is 5.82 Å². The van der Waals surface area contributed by atoms with Crippen LogP contribution in [0.1, 0.15) is 16.1 Å². The molecular weight excluding hydrogens is 287 g/mol. The molecule has 2 aromatic rings. The summed E-state index contributed by atoms with van der Waals surface area (Å²) in [6.07, 6.45) is 1.28. The summed E-state index contributed by atoms with van der Waals surface area (Å²) in [6.45, 7) is 0. The van der Waals surface area contributed by atoms with Gasteiger partial charge in [0.1, 0.15) is 5.82 Å². The number of carbonyl (C=O) groups is 1. The van der Waals surface area contributed by atoms with Crippen LogP contribution in [0.4, 0.5) is 4.39 Å². The van der Waals surface area contributed by atoms with Gasteiger partial charge in [0, 0.05) is 5.56 Å². The standard InChI is InChI=1S/C13H10ClFN2O3/c1-19-10-6-16-11(13(17-10)20-2)12(18)8-4-3-7(15)5-9(8)14/h3-6H,1-2H3. The minimum absolute atomic E-state index is 0.00493. The number of carbonyl (C=O) groups excluding carboxylic acids is 1. The summed E-state index contributed by atoms with van der Waals surface area (Å²) >= 11 is 5.85. The van der Waals surface area contributed by atoms with Gasteiger partial charge in [0.2, 0.25) is 17.5 Å². The lowest BCUT2D eigenvalue weighted by Crippen LogP contribution is -2.09. The number of ether oxygens (including phenoxy) is 2. The zero-order valence-corrected chi connectivity index (χ0v) is 11.4. The van der Waals surface area contributed by atoms with Crippen molar-refractivity contribution in [3.8, 4) is 11.8 Å². The van der Waals surface area contributed by atoms with Crippen LogP contribution >= 0.6 is 11.6 Å². The maximum atomic E-state index is 13.0. The van der Waals surface area contributed by atoms with Crippen molar-refractivity contribution in [3.05, 3.63) is 46.5 Å². The topological polar surface area (TPSA) is 61.3 Å². The zero-order valence-electron chi connectivity index (χ0n) is 10.7. The number of aromatic nitrogens is 2. The van der Waals surface area contributed by atoms with Crippen molar-refractivity contribution < 1.29 is 18.7 Å². The Labute approximate surface area is 119 Å². The molecular formula is C13H10ClFN2O3. The molecule has 1 aromatic heterocycles. The molecule has 0 amide bonds. The van der Waals surface area contributed by atoms with Crippen LogP contribution < -0.4 is 9.47 Å². The number of hydrogen-bond donors (Lipinski definition) is 0. The first kappa shape index (κ1) is 14.2. The summed E-state index contributed by atoms with van der Waals surface area (Å²) in [6, 6.07) is 3.48. The van der Waals surface area contributed by atoms with E-state index >= 15 is 0 Å². The molecule has 0 bridgehead atoms. The number of nitrogens with zero attached hydrogens (tertiary/aromatic N) is 2. The van der Waals surface area contributed by atoms with E-state index in [-0.39, 0.29) is 28.0 Å². The minimum Gasteiger partial charge on any atom is -0.480 e. The van der Waals surface area contributed by atoms with Crippen LogP contribution in [-0.4, -0.2) is 30.0 Å². The van der Waals surface area contributed by atoms with Gasteiger partial charge in [-0.05, 0) is 18.2 Å². The third-order valence-electron chi connectivity index (χ3n) is 2.51. The molecule has 0 N–H and O–H groups in total. The monoisotopic (exact) mass is 296 g/mol. The molecule has 0 spiro atoms. The molecule has 1 aromatic carbocycles. The van der Waals surface area contributed by atoms with E-state index in [1.165, 1.54) is 26.5 Å². The summed E-state index contributed by atoms with van der Waals surface area (Å²) in [5.74, 6) is -0.820. The highest BCUT2D eigenvalue weighted by molar-refractivity contribution is 6.35. The van der Waals surface area contributed by atoms with Crippen LogP contribution in [-0.2, 0) is 0 Å². The molecule has 1 heterocycles. The Morgan fingerprint density at radius 1 is 1.30 bits per heavy atom. The summed E-state index contributed by atoms with van der Waals surface area (Å²) < 4.78 is 22.9. The van der Waals surface area contributed by atoms with E-state index in [2.05, 4.69) is 9.97 Å². The Morgan fingerprint density at radius 3 is 2.65 bits per heavy atom. The second kappa shape index (κ2) is 5.83. The molecule has 0 fully saturated rings. The molecule has 0 aliphatic carbocycles. The second-order valence-corrected chi connectivity index (χ2v) is 4.13. The van der Waals surface area contributed by atoms with E-state index in [0.29, 0.717) is 0 Å². The number of methoxy groups -OCH3 is 2. The van der Waals surface area contributed by atoms with E-state index in [1.54, 1.807) is 0 Å². The predicted molar refractivity (Wildman–Crippen MR) is 70.0 cm³/mol. The molecule has 5 nitrogen and oxygen atoms in total. The smallest absolute Gasteiger partial charge is 0.247 e. The van der Waals surface area contributed by atoms with Crippen molar-refractivity contribution in [3.63, 3.8) is 0 Å². The number of hydrogen-bond acceptors (Lipinski definition) is 5. The van der Waals surface area contributed by atoms with Gasteiger partial charge in [-0.1, -0.05) is 11.6 Å². The molecule has 0 unspecified atom stereocenters. The Kier molecular flexibility index (Phi) is 4.14. The average Bonchev–Trinajstić information content (AvgIpc) is 2.46. The quantitative estimate of drug-likeness (QED) is 0.811. The molecule has 0 saturated carbocycles. The highest BCUT2D eigenvalue weighted by Crippen LogP contribution is 2.24. The number of benzene rings is 1. The van der Waals surface area contributed by atoms with Gasteiger partial charge >= 0.3 is 0 Å². The molecule has 2 rings (SSSR count). The van der Waals surface area contributed by atoms with Crippen LogP contribution in [0.2, 0.25) is 5.02 Å². The fourth-order valence-electron chi connectivity index (χ4n) is 1.55. The Morgan fingerprint density at radius 2 is 2.05 bits per heavy atom. The third-order valence-corrected chi connectivity index (χ3v) is 2.82. The van der Waals surface area contributed by atoms with Crippen LogP contribution in [0.3, 0.4) is 0 Å². The number of ketones is 1. The fourth-order valence-corrected chi connectivity index (χ4v) is 1.81. The molecule has 0 saturated heterocycles. The van der Waals surface area contributed by atoms with Crippen molar-refractivity contribution in [1.82, 2.24) is 9.97 Å². The first-order valence-corrected chi connectivity index (χ1v) is 5.89. The van der Waals surface area contributed by atoms with Gasteiger partial charge in [0.05, 0.1) is 25.4 Å². The first-order valence-electron chi connectivity index (χ1n) is 5.51. The SMILES string of the molecule is COc1cnc(C(=O)c2ccc(F)cc2Cl)c(OC)n1. The van der Waals surface area contributed by atoms with Gasteiger partial charge in [0.15, 0.2) is 5.69 Å². The number of rotatable bonds is 4. The van der Waals surface area contributed by atoms with Gasteiger partial charge < -0.3 is 9.47 Å². The van der Waals surface area contributed by atoms with E-state index in [1.807, 2.05) is 0 Å². The number of halogens is 2. The highest BCUT2D eigenvalue weighted by atomic mass is 35.5. The molecule has 0 radical (unpaired) electrons. The first-order chi connectivity index (χ1) is 9.56. The van der Waals surface area contributed by atoms with Gasteiger partial charge in [-0.3, -0.25) is 4.79 Å². The minimum atomic E-state index is -0.528. The van der Waals surface area contributed by atoms with Crippen molar-refractivity contribution in [2.75, 3.05) is 14.2 Å². The van der Waals surface area contributed by atoms with Gasteiger partial charge in [-0.15, -0.1) is 0 Å². The van der Waals surface area contributed by atoms with Crippen LogP contribution in [0.15, 0.2) is 24.4 Å². The van der Waals surface area contributed by atoms with Gasteiger partial charge in [-0.25, -0.2) is 9.37 Å².